The maximum Gasteiger partial charge on any atom is 0.146 e. The molecule has 5 nitrogen and oxygen atoms in total. The first kappa shape index (κ1) is 17.5. The van der Waals surface area contributed by atoms with Gasteiger partial charge in [0.1, 0.15) is 17.6 Å². The molecule has 5 heteroatoms. The monoisotopic (exact) mass is 357 g/mol. The third-order valence-corrected chi connectivity index (χ3v) is 5.41. The number of anilines is 1. The number of aryl methyl sites for hydroxylation is 1. The molecule has 0 amide bonds. The van der Waals surface area contributed by atoms with E-state index in [0.717, 1.165) is 43.3 Å². The number of piperidine rings is 1. The second kappa shape index (κ2) is 7.78. The Kier molecular flexibility index (Phi) is 5.05. The molecule has 136 valence electrons. The third-order valence-electron chi connectivity index (χ3n) is 5.41. The molecular formula is C22H23N5. The lowest BCUT2D eigenvalue weighted by molar-refractivity contribution is 0.100. The standard InChI is InChI=1S/C22H23N5/c1-17-5-2-7-19(25-17)10-11-20-8-3-9-21-16-26(13-14-27(20)21)22-18(15-23)6-4-12-24-22/h2,4-7,12,20-21H,3,8-9,13-14,16H2,1H3/t20-,21+/m1/s1. The summed E-state index contributed by atoms with van der Waals surface area (Å²) in [4.78, 5) is 13.8. The second-order valence-corrected chi connectivity index (χ2v) is 7.20. The van der Waals surface area contributed by atoms with Gasteiger partial charge in [-0.15, -0.1) is 0 Å². The lowest BCUT2D eigenvalue weighted by Crippen LogP contribution is -2.58. The van der Waals surface area contributed by atoms with Gasteiger partial charge in [0.2, 0.25) is 0 Å². The molecule has 0 N–H and O–H groups in total. The van der Waals surface area contributed by atoms with Crippen LogP contribution in [0.1, 0.15) is 36.2 Å². The van der Waals surface area contributed by atoms with E-state index in [1.807, 2.05) is 37.3 Å². The Labute approximate surface area is 160 Å². The minimum atomic E-state index is 0.285. The number of hydrogen-bond donors (Lipinski definition) is 0. The molecule has 2 atom stereocenters. The smallest absolute Gasteiger partial charge is 0.146 e. The van der Waals surface area contributed by atoms with Gasteiger partial charge in [0.05, 0.1) is 11.6 Å². The first-order valence-corrected chi connectivity index (χ1v) is 9.55. The van der Waals surface area contributed by atoms with Crippen LogP contribution < -0.4 is 4.90 Å². The van der Waals surface area contributed by atoms with Gasteiger partial charge in [-0.1, -0.05) is 12.0 Å². The molecule has 0 spiro atoms. The van der Waals surface area contributed by atoms with Gasteiger partial charge in [-0.25, -0.2) is 9.97 Å². The Morgan fingerprint density at radius 3 is 2.93 bits per heavy atom. The predicted octanol–water partition coefficient (Wildman–Crippen LogP) is 2.75. The molecule has 4 heterocycles. The normalized spacial score (nSPS) is 22.3. The molecule has 2 saturated heterocycles. The van der Waals surface area contributed by atoms with E-state index < -0.39 is 0 Å². The molecule has 0 radical (unpaired) electrons. The van der Waals surface area contributed by atoms with Crippen molar-refractivity contribution in [3.63, 3.8) is 0 Å². The van der Waals surface area contributed by atoms with Crippen molar-refractivity contribution in [2.75, 3.05) is 24.5 Å². The van der Waals surface area contributed by atoms with Crippen LogP contribution >= 0.6 is 0 Å². The molecule has 0 aromatic carbocycles. The van der Waals surface area contributed by atoms with Gasteiger partial charge >= 0.3 is 0 Å². The number of nitriles is 1. The Bertz CT molecular complexity index is 920. The first-order chi connectivity index (χ1) is 13.2. The Hall–Kier alpha value is -2.89. The van der Waals surface area contributed by atoms with Gasteiger partial charge in [0, 0.05) is 37.6 Å². The highest BCUT2D eigenvalue weighted by molar-refractivity contribution is 5.54. The van der Waals surface area contributed by atoms with Gasteiger partial charge < -0.3 is 4.90 Å². The molecule has 0 bridgehead atoms. The van der Waals surface area contributed by atoms with Gasteiger partial charge in [-0.3, -0.25) is 4.90 Å². The topological polar surface area (TPSA) is 56.1 Å². The average Bonchev–Trinajstić information content (AvgIpc) is 2.71. The van der Waals surface area contributed by atoms with Crippen molar-refractivity contribution in [3.05, 3.63) is 53.5 Å². The maximum absolute atomic E-state index is 9.37. The van der Waals surface area contributed by atoms with E-state index in [1.165, 1.54) is 12.8 Å². The third kappa shape index (κ3) is 3.79. The number of piperazine rings is 1. The second-order valence-electron chi connectivity index (χ2n) is 7.20. The SMILES string of the molecule is Cc1cccc(C#C[C@H]2CCC[C@H]3CN(c4ncccc4C#N)CCN32)n1. The Balaban J connectivity index is 1.49. The van der Waals surface area contributed by atoms with Crippen molar-refractivity contribution < 1.29 is 0 Å². The fraction of sp³-hybridized carbons (Fsp3) is 0.409. The fourth-order valence-corrected chi connectivity index (χ4v) is 4.10. The summed E-state index contributed by atoms with van der Waals surface area (Å²) in [6.07, 6.45) is 5.24. The van der Waals surface area contributed by atoms with Gasteiger partial charge in [0.25, 0.3) is 0 Å². The number of aromatic nitrogens is 2. The largest absolute Gasteiger partial charge is 0.353 e. The van der Waals surface area contributed by atoms with E-state index in [-0.39, 0.29) is 6.04 Å². The first-order valence-electron chi connectivity index (χ1n) is 9.55. The zero-order valence-corrected chi connectivity index (χ0v) is 15.6. The van der Waals surface area contributed by atoms with Gasteiger partial charge in [-0.05, 0) is 56.4 Å². The quantitative estimate of drug-likeness (QED) is 0.735. The van der Waals surface area contributed by atoms with Crippen LogP contribution in [0.3, 0.4) is 0 Å². The molecule has 2 aliphatic heterocycles. The number of hydrogen-bond acceptors (Lipinski definition) is 5. The molecule has 4 rings (SSSR count). The molecule has 2 aliphatic rings. The summed E-state index contributed by atoms with van der Waals surface area (Å²) in [6, 6.07) is 12.7. The lowest BCUT2D eigenvalue weighted by Gasteiger charge is -2.47. The zero-order valence-electron chi connectivity index (χ0n) is 15.6. The van der Waals surface area contributed by atoms with E-state index in [1.54, 1.807) is 6.20 Å². The highest BCUT2D eigenvalue weighted by Crippen LogP contribution is 2.28. The van der Waals surface area contributed by atoms with Crippen LogP contribution in [0.25, 0.3) is 0 Å². The molecular weight excluding hydrogens is 334 g/mol. The van der Waals surface area contributed by atoms with E-state index in [9.17, 15) is 5.26 Å². The zero-order chi connectivity index (χ0) is 18.6. The highest BCUT2D eigenvalue weighted by Gasteiger charge is 2.35. The van der Waals surface area contributed by atoms with Gasteiger partial charge in [0.15, 0.2) is 0 Å². The van der Waals surface area contributed by atoms with Crippen LogP contribution in [0.5, 0.6) is 0 Å². The van der Waals surface area contributed by atoms with Crippen LogP contribution in [-0.2, 0) is 0 Å². The Morgan fingerprint density at radius 2 is 2.07 bits per heavy atom. The minimum absolute atomic E-state index is 0.285. The molecule has 2 fully saturated rings. The molecule has 2 aromatic heterocycles. The maximum atomic E-state index is 9.37. The van der Waals surface area contributed by atoms with E-state index in [4.69, 9.17) is 0 Å². The van der Waals surface area contributed by atoms with Crippen LogP contribution in [0.4, 0.5) is 5.82 Å². The van der Waals surface area contributed by atoms with E-state index in [0.29, 0.717) is 11.6 Å². The van der Waals surface area contributed by atoms with Gasteiger partial charge in [-0.2, -0.15) is 5.26 Å². The lowest BCUT2D eigenvalue weighted by atomic mass is 9.93. The van der Waals surface area contributed by atoms with Crippen LogP contribution in [0.2, 0.25) is 0 Å². The van der Waals surface area contributed by atoms with E-state index >= 15 is 0 Å². The molecule has 27 heavy (non-hydrogen) atoms. The van der Waals surface area contributed by atoms with Crippen molar-refractivity contribution in [2.24, 2.45) is 0 Å². The molecule has 0 aliphatic carbocycles. The van der Waals surface area contributed by atoms with Crippen LogP contribution in [0, 0.1) is 30.1 Å². The molecule has 0 saturated carbocycles. The summed E-state index contributed by atoms with van der Waals surface area (Å²) in [6.45, 7) is 4.73. The summed E-state index contributed by atoms with van der Waals surface area (Å²) < 4.78 is 0. The molecule has 0 unspecified atom stereocenters. The summed E-state index contributed by atoms with van der Waals surface area (Å²) in [5.41, 5.74) is 2.51. The predicted molar refractivity (Wildman–Crippen MR) is 105 cm³/mol. The number of pyridine rings is 2. The number of nitrogens with zero attached hydrogens (tertiary/aromatic N) is 5. The van der Waals surface area contributed by atoms with E-state index in [2.05, 4.69) is 37.7 Å². The van der Waals surface area contributed by atoms with Crippen molar-refractivity contribution in [3.8, 4) is 17.9 Å². The van der Waals surface area contributed by atoms with Crippen LogP contribution in [0.15, 0.2) is 36.5 Å². The van der Waals surface area contributed by atoms with Crippen molar-refractivity contribution in [1.82, 2.24) is 14.9 Å². The summed E-state index contributed by atoms with van der Waals surface area (Å²) >= 11 is 0. The molecule has 2 aromatic rings. The van der Waals surface area contributed by atoms with Crippen molar-refractivity contribution in [2.45, 2.75) is 38.3 Å². The Morgan fingerprint density at radius 1 is 1.15 bits per heavy atom. The van der Waals surface area contributed by atoms with Crippen LogP contribution in [-0.4, -0.2) is 46.6 Å². The minimum Gasteiger partial charge on any atom is -0.353 e. The number of rotatable bonds is 1. The summed E-state index contributed by atoms with van der Waals surface area (Å²) in [7, 11) is 0. The summed E-state index contributed by atoms with van der Waals surface area (Å²) in [5.74, 6) is 7.56. The highest BCUT2D eigenvalue weighted by atomic mass is 15.3. The van der Waals surface area contributed by atoms with Crippen molar-refractivity contribution in [1.29, 1.82) is 5.26 Å². The summed E-state index contributed by atoms with van der Waals surface area (Å²) in [5, 5.41) is 9.37. The number of fused-ring (bicyclic) bond motifs is 1. The average molecular weight is 357 g/mol. The fourth-order valence-electron chi connectivity index (χ4n) is 4.10. The van der Waals surface area contributed by atoms with Crippen molar-refractivity contribution >= 4 is 5.82 Å².